The summed E-state index contributed by atoms with van der Waals surface area (Å²) in [5.74, 6) is 1.63. The van der Waals surface area contributed by atoms with Crippen molar-refractivity contribution in [3.63, 3.8) is 0 Å². The molecule has 23 heavy (non-hydrogen) atoms. The Balaban J connectivity index is 1.58. The molecule has 1 saturated heterocycles. The molecule has 3 rings (SSSR count). The van der Waals surface area contributed by atoms with Crippen molar-refractivity contribution in [2.75, 3.05) is 6.54 Å². The van der Waals surface area contributed by atoms with E-state index >= 15 is 0 Å². The molecule has 0 radical (unpaired) electrons. The van der Waals surface area contributed by atoms with Crippen LogP contribution >= 0.6 is 0 Å². The number of imidazole rings is 1. The van der Waals surface area contributed by atoms with Gasteiger partial charge in [0, 0.05) is 19.8 Å². The van der Waals surface area contributed by atoms with Crippen molar-refractivity contribution in [1.82, 2.24) is 24.4 Å². The average molecular weight is 341 g/mol. The molecule has 2 atom stereocenters. The van der Waals surface area contributed by atoms with E-state index in [4.69, 9.17) is 9.26 Å². The van der Waals surface area contributed by atoms with Gasteiger partial charge in [-0.3, -0.25) is 0 Å². The second-order valence-electron chi connectivity index (χ2n) is 5.59. The van der Waals surface area contributed by atoms with Crippen molar-refractivity contribution >= 4 is 10.0 Å². The Labute approximate surface area is 134 Å². The Hall–Kier alpha value is -1.78. The van der Waals surface area contributed by atoms with Crippen LogP contribution in [0.1, 0.15) is 36.5 Å². The van der Waals surface area contributed by atoms with Crippen molar-refractivity contribution in [2.45, 2.75) is 43.9 Å². The van der Waals surface area contributed by atoms with Gasteiger partial charge < -0.3 is 13.8 Å². The van der Waals surface area contributed by atoms with Gasteiger partial charge in [-0.05, 0) is 26.7 Å². The van der Waals surface area contributed by atoms with E-state index in [1.165, 1.54) is 6.20 Å². The predicted octanol–water partition coefficient (Wildman–Crippen LogP) is 0.619. The molecule has 10 heteroatoms. The lowest BCUT2D eigenvalue weighted by molar-refractivity contribution is 0.0290. The summed E-state index contributed by atoms with van der Waals surface area (Å²) in [6.07, 6.45) is 2.42. The van der Waals surface area contributed by atoms with E-state index in [0.29, 0.717) is 17.5 Å². The number of hydrogen-bond acceptors (Lipinski definition) is 7. The first-order valence-corrected chi connectivity index (χ1v) is 8.79. The molecular formula is C13H19N5O4S. The van der Waals surface area contributed by atoms with Crippen molar-refractivity contribution < 1.29 is 17.7 Å². The normalized spacial score (nSPS) is 21.9. The molecule has 0 aromatic carbocycles. The zero-order valence-electron chi connectivity index (χ0n) is 13.2. The molecule has 0 unspecified atom stereocenters. The summed E-state index contributed by atoms with van der Waals surface area (Å²) in [7, 11) is -1.89. The van der Waals surface area contributed by atoms with Crippen LogP contribution in [0.2, 0.25) is 0 Å². The Morgan fingerprint density at radius 2 is 2.13 bits per heavy atom. The fraction of sp³-hybridized carbons (Fsp3) is 0.615. The molecule has 0 aliphatic carbocycles. The SMILES string of the molecule is Cc1noc([C@@H]2CC[C@H](CNS(=O)(=O)c3cn(C)c(C)n3)O2)n1. The van der Waals surface area contributed by atoms with Crippen LogP contribution in [-0.4, -0.2) is 40.8 Å². The summed E-state index contributed by atoms with van der Waals surface area (Å²) in [4.78, 5) is 8.17. The molecule has 3 heterocycles. The Bertz CT molecular complexity index is 778. The second kappa shape index (κ2) is 6.02. The van der Waals surface area contributed by atoms with Crippen LogP contribution in [0.5, 0.6) is 0 Å². The minimum absolute atomic E-state index is 0.0135. The topological polar surface area (TPSA) is 112 Å². The predicted molar refractivity (Wildman–Crippen MR) is 79.0 cm³/mol. The van der Waals surface area contributed by atoms with E-state index in [9.17, 15) is 8.42 Å². The van der Waals surface area contributed by atoms with E-state index in [-0.39, 0.29) is 23.8 Å². The first-order valence-electron chi connectivity index (χ1n) is 7.30. The molecule has 1 aliphatic heterocycles. The first-order chi connectivity index (χ1) is 10.8. The lowest BCUT2D eigenvalue weighted by Gasteiger charge is -2.12. The van der Waals surface area contributed by atoms with E-state index in [0.717, 1.165) is 12.8 Å². The van der Waals surface area contributed by atoms with Gasteiger partial charge in [-0.15, -0.1) is 0 Å². The first kappa shape index (κ1) is 16.1. The van der Waals surface area contributed by atoms with Crippen molar-refractivity contribution in [1.29, 1.82) is 0 Å². The highest BCUT2D eigenvalue weighted by Crippen LogP contribution is 2.31. The van der Waals surface area contributed by atoms with Gasteiger partial charge in [0.1, 0.15) is 11.9 Å². The van der Waals surface area contributed by atoms with Gasteiger partial charge in [0.15, 0.2) is 10.9 Å². The number of nitrogens with zero attached hydrogens (tertiary/aromatic N) is 4. The molecule has 0 bridgehead atoms. The monoisotopic (exact) mass is 341 g/mol. The van der Waals surface area contributed by atoms with Gasteiger partial charge >= 0.3 is 0 Å². The minimum atomic E-state index is -3.64. The third-order valence-electron chi connectivity index (χ3n) is 3.79. The molecule has 0 saturated carbocycles. The maximum absolute atomic E-state index is 12.2. The molecule has 2 aromatic heterocycles. The molecule has 0 spiro atoms. The molecule has 9 nitrogen and oxygen atoms in total. The highest BCUT2D eigenvalue weighted by molar-refractivity contribution is 7.89. The van der Waals surface area contributed by atoms with Crippen LogP contribution in [-0.2, 0) is 21.8 Å². The summed E-state index contributed by atoms with van der Waals surface area (Å²) in [5, 5.41) is 3.75. The van der Waals surface area contributed by atoms with E-state index in [2.05, 4.69) is 19.8 Å². The zero-order chi connectivity index (χ0) is 16.6. The highest BCUT2D eigenvalue weighted by atomic mass is 32.2. The fourth-order valence-corrected chi connectivity index (χ4v) is 3.52. The van der Waals surface area contributed by atoms with Crippen LogP contribution in [0, 0.1) is 13.8 Å². The second-order valence-corrected chi connectivity index (χ2v) is 7.31. The van der Waals surface area contributed by atoms with Crippen LogP contribution in [0.25, 0.3) is 0 Å². The summed E-state index contributed by atoms with van der Waals surface area (Å²) >= 11 is 0. The van der Waals surface area contributed by atoms with Crippen molar-refractivity contribution in [3.8, 4) is 0 Å². The fourth-order valence-electron chi connectivity index (χ4n) is 2.41. The Kier molecular flexibility index (Phi) is 4.21. The van der Waals surface area contributed by atoms with E-state index in [1.807, 2.05) is 0 Å². The van der Waals surface area contributed by atoms with E-state index in [1.54, 1.807) is 25.5 Å². The smallest absolute Gasteiger partial charge is 0.259 e. The van der Waals surface area contributed by atoms with Crippen LogP contribution in [0.3, 0.4) is 0 Å². The van der Waals surface area contributed by atoms with Crippen LogP contribution in [0.4, 0.5) is 0 Å². The number of rotatable bonds is 5. The number of ether oxygens (including phenoxy) is 1. The largest absolute Gasteiger partial charge is 0.364 e. The minimum Gasteiger partial charge on any atom is -0.364 e. The number of sulfonamides is 1. The van der Waals surface area contributed by atoms with Gasteiger partial charge in [0.2, 0.25) is 0 Å². The third-order valence-corrected chi connectivity index (χ3v) is 5.08. The van der Waals surface area contributed by atoms with Crippen LogP contribution in [0.15, 0.2) is 15.7 Å². The molecule has 126 valence electrons. The van der Waals surface area contributed by atoms with Crippen molar-refractivity contribution in [2.24, 2.45) is 7.05 Å². The summed E-state index contributed by atoms with van der Waals surface area (Å²) in [6, 6.07) is 0. The maximum Gasteiger partial charge on any atom is 0.259 e. The standard InChI is InChI=1S/C13H19N5O4S/c1-8-15-13(22-17-8)11-5-4-10(21-11)6-14-23(19,20)12-7-18(3)9(2)16-12/h7,10-11,14H,4-6H2,1-3H3/t10-,11+/m1/s1. The summed E-state index contributed by atoms with van der Waals surface area (Å²) in [6.45, 7) is 3.67. The molecule has 0 amide bonds. The Morgan fingerprint density at radius 1 is 1.35 bits per heavy atom. The third kappa shape index (κ3) is 3.43. The number of aryl methyl sites for hydroxylation is 3. The summed E-state index contributed by atoms with van der Waals surface area (Å²) < 4.78 is 39.5. The average Bonchev–Trinajstić information content (AvgIpc) is 3.19. The highest BCUT2D eigenvalue weighted by Gasteiger charge is 2.31. The van der Waals surface area contributed by atoms with Gasteiger partial charge in [-0.1, -0.05) is 5.16 Å². The van der Waals surface area contributed by atoms with Gasteiger partial charge in [0.25, 0.3) is 15.9 Å². The van der Waals surface area contributed by atoms with Gasteiger partial charge in [0.05, 0.1) is 6.10 Å². The number of nitrogens with one attached hydrogen (secondary N) is 1. The quantitative estimate of drug-likeness (QED) is 0.848. The lowest BCUT2D eigenvalue weighted by Crippen LogP contribution is -2.32. The van der Waals surface area contributed by atoms with Gasteiger partial charge in [-0.25, -0.2) is 18.1 Å². The number of hydrogen-bond donors (Lipinski definition) is 1. The number of aromatic nitrogens is 4. The van der Waals surface area contributed by atoms with E-state index < -0.39 is 10.0 Å². The molecular weight excluding hydrogens is 322 g/mol. The summed E-state index contributed by atoms with van der Waals surface area (Å²) in [5.41, 5.74) is 0. The maximum atomic E-state index is 12.2. The molecule has 1 N–H and O–H groups in total. The zero-order valence-corrected chi connectivity index (χ0v) is 14.0. The molecule has 2 aromatic rings. The molecule has 1 aliphatic rings. The molecule has 1 fully saturated rings. The Morgan fingerprint density at radius 3 is 2.74 bits per heavy atom. The van der Waals surface area contributed by atoms with Crippen LogP contribution < -0.4 is 4.72 Å². The van der Waals surface area contributed by atoms with Crippen molar-refractivity contribution in [3.05, 3.63) is 23.7 Å². The lowest BCUT2D eigenvalue weighted by atomic mass is 10.2. The van der Waals surface area contributed by atoms with Gasteiger partial charge in [-0.2, -0.15) is 4.98 Å².